The Kier molecular flexibility index (Phi) is 4.62. The minimum absolute atomic E-state index is 0.0366. The molecule has 0 saturated carbocycles. The second kappa shape index (κ2) is 6.24. The van der Waals surface area contributed by atoms with Crippen molar-refractivity contribution in [3.8, 4) is 0 Å². The Hall–Kier alpha value is -1.59. The van der Waals surface area contributed by atoms with Crippen LogP contribution in [0.1, 0.15) is 11.1 Å². The van der Waals surface area contributed by atoms with Crippen LogP contribution in [0.15, 0.2) is 40.9 Å². The van der Waals surface area contributed by atoms with Crippen molar-refractivity contribution in [1.29, 1.82) is 0 Å². The molecule has 0 aromatic heterocycles. The standard InChI is InChI=1S/C14H12BrClN2O2/c1-9-2-4-12(15)14(6-9)17-8-10-7-11(18(19)20)3-5-13(10)16/h2-7,17H,8H2,1H3. The Morgan fingerprint density at radius 1 is 1.30 bits per heavy atom. The van der Waals surface area contributed by atoms with Crippen LogP contribution in [0.3, 0.4) is 0 Å². The molecular formula is C14H12BrClN2O2. The molecule has 4 nitrogen and oxygen atoms in total. The van der Waals surface area contributed by atoms with Gasteiger partial charge in [-0.1, -0.05) is 17.7 Å². The fourth-order valence-electron chi connectivity index (χ4n) is 1.78. The summed E-state index contributed by atoms with van der Waals surface area (Å²) in [6.45, 7) is 2.42. The van der Waals surface area contributed by atoms with Crippen molar-refractivity contribution in [2.45, 2.75) is 13.5 Å². The van der Waals surface area contributed by atoms with Gasteiger partial charge in [0.1, 0.15) is 0 Å². The largest absolute Gasteiger partial charge is 0.380 e. The Labute approximate surface area is 130 Å². The zero-order valence-corrected chi connectivity index (χ0v) is 13.0. The quantitative estimate of drug-likeness (QED) is 0.625. The number of halogens is 2. The van der Waals surface area contributed by atoms with E-state index in [2.05, 4.69) is 21.2 Å². The van der Waals surface area contributed by atoms with Gasteiger partial charge in [-0.3, -0.25) is 10.1 Å². The summed E-state index contributed by atoms with van der Waals surface area (Å²) in [5, 5.41) is 14.5. The minimum Gasteiger partial charge on any atom is -0.380 e. The number of anilines is 1. The minimum atomic E-state index is -0.428. The van der Waals surface area contributed by atoms with E-state index in [-0.39, 0.29) is 5.69 Å². The second-order valence-corrected chi connectivity index (χ2v) is 5.63. The maximum Gasteiger partial charge on any atom is 0.269 e. The van der Waals surface area contributed by atoms with Gasteiger partial charge in [0.15, 0.2) is 0 Å². The first-order chi connectivity index (χ1) is 9.47. The molecule has 1 N–H and O–H groups in total. The number of non-ortho nitro benzene ring substituents is 1. The van der Waals surface area contributed by atoms with Gasteiger partial charge in [-0.15, -0.1) is 0 Å². The number of hydrogen-bond donors (Lipinski definition) is 1. The Morgan fingerprint density at radius 2 is 2.05 bits per heavy atom. The lowest BCUT2D eigenvalue weighted by Crippen LogP contribution is -2.02. The predicted molar refractivity (Wildman–Crippen MR) is 84.3 cm³/mol. The summed E-state index contributed by atoms with van der Waals surface area (Å²) in [6.07, 6.45) is 0. The number of nitrogens with zero attached hydrogens (tertiary/aromatic N) is 1. The molecule has 0 spiro atoms. The van der Waals surface area contributed by atoms with Gasteiger partial charge in [-0.05, 0) is 52.2 Å². The maximum absolute atomic E-state index is 10.8. The van der Waals surface area contributed by atoms with Crippen molar-refractivity contribution >= 4 is 38.9 Å². The molecule has 0 amide bonds. The lowest BCUT2D eigenvalue weighted by atomic mass is 10.2. The zero-order chi connectivity index (χ0) is 14.7. The van der Waals surface area contributed by atoms with Gasteiger partial charge in [0.05, 0.1) is 4.92 Å². The summed E-state index contributed by atoms with van der Waals surface area (Å²) in [5.41, 5.74) is 2.78. The van der Waals surface area contributed by atoms with E-state index < -0.39 is 4.92 Å². The molecule has 20 heavy (non-hydrogen) atoms. The SMILES string of the molecule is Cc1ccc(Br)c(NCc2cc([N+](=O)[O-])ccc2Cl)c1. The van der Waals surface area contributed by atoms with Gasteiger partial charge in [0.25, 0.3) is 5.69 Å². The summed E-state index contributed by atoms with van der Waals surface area (Å²) in [7, 11) is 0. The molecule has 0 aliphatic heterocycles. The van der Waals surface area contributed by atoms with Gasteiger partial charge in [-0.2, -0.15) is 0 Å². The maximum atomic E-state index is 10.8. The van der Waals surface area contributed by atoms with E-state index in [1.54, 1.807) is 6.07 Å². The van der Waals surface area contributed by atoms with Crippen molar-refractivity contribution < 1.29 is 4.92 Å². The Bertz CT molecular complexity index is 662. The van der Waals surface area contributed by atoms with Gasteiger partial charge in [0.2, 0.25) is 0 Å². The molecule has 2 aromatic carbocycles. The van der Waals surface area contributed by atoms with Crippen molar-refractivity contribution in [3.05, 3.63) is 67.1 Å². The summed E-state index contributed by atoms with van der Waals surface area (Å²) in [5.74, 6) is 0. The number of benzene rings is 2. The molecule has 6 heteroatoms. The fraction of sp³-hybridized carbons (Fsp3) is 0.143. The van der Waals surface area contributed by atoms with Gasteiger partial charge in [0, 0.05) is 33.9 Å². The van der Waals surface area contributed by atoms with E-state index in [0.29, 0.717) is 17.1 Å². The van der Waals surface area contributed by atoms with Crippen LogP contribution in [0, 0.1) is 17.0 Å². The van der Waals surface area contributed by atoms with Crippen LogP contribution >= 0.6 is 27.5 Å². The van der Waals surface area contributed by atoms with Crippen LogP contribution in [0.5, 0.6) is 0 Å². The molecule has 2 rings (SSSR count). The van der Waals surface area contributed by atoms with Crippen molar-refractivity contribution in [3.63, 3.8) is 0 Å². The highest BCUT2D eigenvalue weighted by Crippen LogP contribution is 2.26. The van der Waals surface area contributed by atoms with Gasteiger partial charge in [-0.25, -0.2) is 0 Å². The van der Waals surface area contributed by atoms with Crippen LogP contribution in [-0.2, 0) is 6.54 Å². The molecule has 0 heterocycles. The number of nitrogens with one attached hydrogen (secondary N) is 1. The van der Waals surface area contributed by atoms with Crippen molar-refractivity contribution in [2.75, 3.05) is 5.32 Å². The molecule has 0 aliphatic carbocycles. The third-order valence-corrected chi connectivity index (χ3v) is 3.89. The molecule has 104 valence electrons. The van der Waals surface area contributed by atoms with Crippen LogP contribution in [0.2, 0.25) is 5.02 Å². The number of rotatable bonds is 4. The van der Waals surface area contributed by atoms with E-state index >= 15 is 0 Å². The number of nitro benzene ring substituents is 1. The molecule has 0 radical (unpaired) electrons. The highest BCUT2D eigenvalue weighted by Gasteiger charge is 2.10. The Morgan fingerprint density at radius 3 is 2.75 bits per heavy atom. The molecule has 0 aliphatic rings. The molecule has 2 aromatic rings. The molecule has 0 bridgehead atoms. The van der Waals surface area contributed by atoms with E-state index in [9.17, 15) is 10.1 Å². The normalized spacial score (nSPS) is 10.3. The van der Waals surface area contributed by atoms with Crippen molar-refractivity contribution in [1.82, 2.24) is 0 Å². The average Bonchev–Trinajstić information content (AvgIpc) is 2.41. The topological polar surface area (TPSA) is 55.2 Å². The average molecular weight is 356 g/mol. The number of aryl methyl sites for hydroxylation is 1. The molecule has 0 fully saturated rings. The van der Waals surface area contributed by atoms with E-state index in [4.69, 9.17) is 11.6 Å². The lowest BCUT2D eigenvalue weighted by molar-refractivity contribution is -0.384. The van der Waals surface area contributed by atoms with E-state index in [0.717, 1.165) is 15.7 Å². The Balaban J connectivity index is 2.20. The van der Waals surface area contributed by atoms with E-state index in [1.165, 1.54) is 12.1 Å². The molecule has 0 saturated heterocycles. The molecule has 0 atom stereocenters. The van der Waals surface area contributed by atoms with Crippen molar-refractivity contribution in [2.24, 2.45) is 0 Å². The smallest absolute Gasteiger partial charge is 0.269 e. The molecular weight excluding hydrogens is 344 g/mol. The summed E-state index contributed by atoms with van der Waals surface area (Å²) >= 11 is 9.52. The van der Waals surface area contributed by atoms with Gasteiger partial charge >= 0.3 is 0 Å². The van der Waals surface area contributed by atoms with Gasteiger partial charge < -0.3 is 5.32 Å². The summed E-state index contributed by atoms with van der Waals surface area (Å²) in [6, 6.07) is 10.4. The summed E-state index contributed by atoms with van der Waals surface area (Å²) in [4.78, 5) is 10.3. The number of hydrogen-bond acceptors (Lipinski definition) is 3. The predicted octanol–water partition coefficient (Wildman–Crippen LogP) is 4.93. The third-order valence-electron chi connectivity index (χ3n) is 2.83. The number of nitro groups is 1. The third kappa shape index (κ3) is 3.49. The second-order valence-electron chi connectivity index (χ2n) is 4.37. The summed E-state index contributed by atoms with van der Waals surface area (Å²) < 4.78 is 0.935. The van der Waals surface area contributed by atoms with E-state index in [1.807, 2.05) is 25.1 Å². The first-order valence-corrected chi connectivity index (χ1v) is 7.07. The van der Waals surface area contributed by atoms with Crippen LogP contribution < -0.4 is 5.32 Å². The van der Waals surface area contributed by atoms with Crippen LogP contribution in [-0.4, -0.2) is 4.92 Å². The molecule has 0 unspecified atom stereocenters. The van der Waals surface area contributed by atoms with Crippen LogP contribution in [0.4, 0.5) is 11.4 Å². The zero-order valence-electron chi connectivity index (χ0n) is 10.7. The highest BCUT2D eigenvalue weighted by molar-refractivity contribution is 9.10. The highest BCUT2D eigenvalue weighted by atomic mass is 79.9. The van der Waals surface area contributed by atoms with Crippen LogP contribution in [0.25, 0.3) is 0 Å². The first kappa shape index (κ1) is 14.8. The fourth-order valence-corrected chi connectivity index (χ4v) is 2.35. The first-order valence-electron chi connectivity index (χ1n) is 5.90. The lowest BCUT2D eigenvalue weighted by Gasteiger charge is -2.10. The monoisotopic (exact) mass is 354 g/mol.